The number of carbonyl (C=O) groups excluding carboxylic acids is 3. The van der Waals surface area contributed by atoms with Gasteiger partial charge >= 0.3 is 18.2 Å². The van der Waals surface area contributed by atoms with Crippen LogP contribution in [0.5, 0.6) is 0 Å². The molecule has 0 aliphatic carbocycles. The number of amides is 2. The molecule has 0 unspecified atom stereocenters. The van der Waals surface area contributed by atoms with E-state index in [2.05, 4.69) is 15.4 Å². The minimum absolute atomic E-state index is 0.0763. The first-order valence-electron chi connectivity index (χ1n) is 11.2. The van der Waals surface area contributed by atoms with E-state index in [9.17, 15) is 27.6 Å². The van der Waals surface area contributed by atoms with Gasteiger partial charge in [-0.3, -0.25) is 4.79 Å². The summed E-state index contributed by atoms with van der Waals surface area (Å²) in [4.78, 5) is 36.0. The lowest BCUT2D eigenvalue weighted by Gasteiger charge is -2.19. The number of unbranched alkanes of at least 4 members (excludes halogenated alkanes) is 2. The molecule has 2 rings (SSSR count). The summed E-state index contributed by atoms with van der Waals surface area (Å²) < 4.78 is 49.5. The Hall–Kier alpha value is -3.56. The number of methoxy groups -OCH3 is 1. The molecule has 0 spiro atoms. The van der Waals surface area contributed by atoms with Crippen LogP contribution in [0, 0.1) is 0 Å². The summed E-state index contributed by atoms with van der Waals surface area (Å²) in [5.74, 6) is -1.30. The van der Waals surface area contributed by atoms with Crippen LogP contribution in [-0.4, -0.2) is 37.7 Å². The van der Waals surface area contributed by atoms with E-state index >= 15 is 0 Å². The van der Waals surface area contributed by atoms with Gasteiger partial charge in [-0.05, 0) is 30.0 Å². The van der Waals surface area contributed by atoms with Crippen molar-refractivity contribution in [3.05, 3.63) is 71.3 Å². The third kappa shape index (κ3) is 10.1. The van der Waals surface area contributed by atoms with Crippen LogP contribution in [0.25, 0.3) is 0 Å². The highest BCUT2D eigenvalue weighted by molar-refractivity contribution is 5.84. The molecule has 0 aliphatic rings. The van der Waals surface area contributed by atoms with Crippen molar-refractivity contribution in [2.24, 2.45) is 0 Å². The maximum atomic E-state index is 13.2. The normalized spacial score (nSPS) is 11.9. The number of nitrogens with one attached hydrogen (secondary N) is 2. The first-order valence-corrected chi connectivity index (χ1v) is 11.2. The lowest BCUT2D eigenvalue weighted by molar-refractivity contribution is -0.145. The number of hydrogen-bond donors (Lipinski definition) is 2. The smallest absolute Gasteiger partial charge is 0.416 e. The molecule has 0 saturated carbocycles. The van der Waals surface area contributed by atoms with E-state index in [0.29, 0.717) is 25.8 Å². The molecule has 1 atom stereocenters. The Morgan fingerprint density at radius 1 is 0.943 bits per heavy atom. The molecule has 2 aromatic carbocycles. The van der Waals surface area contributed by atoms with Crippen LogP contribution < -0.4 is 10.6 Å². The van der Waals surface area contributed by atoms with Gasteiger partial charge in [-0.2, -0.15) is 13.2 Å². The molecule has 0 fully saturated rings. The van der Waals surface area contributed by atoms with Gasteiger partial charge in [0.05, 0.1) is 12.7 Å². The number of hydrogen-bond acceptors (Lipinski definition) is 5. The van der Waals surface area contributed by atoms with Crippen LogP contribution in [0.4, 0.5) is 18.0 Å². The maximum Gasteiger partial charge on any atom is 0.416 e. The van der Waals surface area contributed by atoms with Gasteiger partial charge in [0.15, 0.2) is 0 Å². The zero-order valence-electron chi connectivity index (χ0n) is 19.4. The standard InChI is InChI=1S/C25H29F3N2O5/c1-34-23(32)21(16-19-12-7-8-13-20(19)25(26,27)28)30-22(31)14-6-3-9-15-29-24(33)35-17-18-10-4-2-5-11-18/h2,4-5,7-8,10-13,21H,3,6,9,14-17H2,1H3,(H,29,33)(H,30,31)/t21-/m1/s1. The van der Waals surface area contributed by atoms with Crippen LogP contribution >= 0.6 is 0 Å². The van der Waals surface area contributed by atoms with Gasteiger partial charge in [-0.1, -0.05) is 55.0 Å². The molecule has 2 amide bonds. The average Bonchev–Trinajstić information content (AvgIpc) is 2.84. The predicted molar refractivity (Wildman–Crippen MR) is 122 cm³/mol. The largest absolute Gasteiger partial charge is 0.467 e. The highest BCUT2D eigenvalue weighted by atomic mass is 19.4. The second-order valence-corrected chi connectivity index (χ2v) is 7.80. The van der Waals surface area contributed by atoms with Crippen molar-refractivity contribution < 1.29 is 37.0 Å². The first-order chi connectivity index (χ1) is 16.7. The van der Waals surface area contributed by atoms with E-state index in [-0.39, 0.29) is 25.0 Å². The second kappa shape index (κ2) is 14.0. The third-order valence-corrected chi connectivity index (χ3v) is 5.13. The molecule has 2 N–H and O–H groups in total. The fourth-order valence-corrected chi connectivity index (χ4v) is 3.35. The lowest BCUT2D eigenvalue weighted by Crippen LogP contribution is -2.43. The molecule has 0 saturated heterocycles. The van der Waals surface area contributed by atoms with Crippen molar-refractivity contribution in [2.45, 2.75) is 50.9 Å². The van der Waals surface area contributed by atoms with Crippen LogP contribution in [0.3, 0.4) is 0 Å². The Labute approximate surface area is 202 Å². The summed E-state index contributed by atoms with van der Waals surface area (Å²) in [5.41, 5.74) is -0.0975. The summed E-state index contributed by atoms with van der Waals surface area (Å²) in [6.07, 6.45) is -3.69. The monoisotopic (exact) mass is 494 g/mol. The molecule has 0 bridgehead atoms. The third-order valence-electron chi connectivity index (χ3n) is 5.13. The van der Waals surface area contributed by atoms with Crippen molar-refractivity contribution in [1.82, 2.24) is 10.6 Å². The molecule has 10 heteroatoms. The Kier molecular flexibility index (Phi) is 11.1. The van der Waals surface area contributed by atoms with E-state index in [1.165, 1.54) is 18.2 Å². The maximum absolute atomic E-state index is 13.2. The Balaban J connectivity index is 1.71. The summed E-state index contributed by atoms with van der Waals surface area (Å²) in [6, 6.07) is 12.9. The molecule has 0 aliphatic heterocycles. The zero-order valence-corrected chi connectivity index (χ0v) is 19.4. The van der Waals surface area contributed by atoms with Gasteiger partial charge < -0.3 is 20.1 Å². The van der Waals surface area contributed by atoms with Gasteiger partial charge in [-0.15, -0.1) is 0 Å². The number of alkyl halides is 3. The van der Waals surface area contributed by atoms with Crippen molar-refractivity contribution in [3.63, 3.8) is 0 Å². The van der Waals surface area contributed by atoms with E-state index in [1.807, 2.05) is 30.3 Å². The summed E-state index contributed by atoms with van der Waals surface area (Å²) >= 11 is 0. The van der Waals surface area contributed by atoms with Crippen LogP contribution in [0.15, 0.2) is 54.6 Å². The molecular formula is C25H29F3N2O5. The average molecular weight is 495 g/mol. The molecule has 2 aromatic rings. The Morgan fingerprint density at radius 2 is 1.63 bits per heavy atom. The number of esters is 1. The van der Waals surface area contributed by atoms with E-state index < -0.39 is 35.8 Å². The fourth-order valence-electron chi connectivity index (χ4n) is 3.35. The number of ether oxygens (including phenoxy) is 2. The molecule has 35 heavy (non-hydrogen) atoms. The lowest BCUT2D eigenvalue weighted by atomic mass is 9.99. The fraction of sp³-hybridized carbons (Fsp3) is 0.400. The second-order valence-electron chi connectivity index (χ2n) is 7.80. The van der Waals surface area contributed by atoms with Crippen molar-refractivity contribution in [3.8, 4) is 0 Å². The van der Waals surface area contributed by atoms with Crippen molar-refractivity contribution in [1.29, 1.82) is 0 Å². The number of rotatable bonds is 12. The minimum atomic E-state index is -4.58. The number of benzene rings is 2. The van der Waals surface area contributed by atoms with E-state index in [4.69, 9.17) is 4.74 Å². The topological polar surface area (TPSA) is 93.7 Å². The summed E-state index contributed by atoms with van der Waals surface area (Å²) in [7, 11) is 1.11. The van der Waals surface area contributed by atoms with Crippen LogP contribution in [0.2, 0.25) is 0 Å². The molecule has 0 heterocycles. The van der Waals surface area contributed by atoms with Crippen molar-refractivity contribution >= 4 is 18.0 Å². The van der Waals surface area contributed by atoms with Gasteiger partial charge in [0, 0.05) is 19.4 Å². The molecular weight excluding hydrogens is 465 g/mol. The van der Waals surface area contributed by atoms with Crippen LogP contribution in [0.1, 0.15) is 42.4 Å². The Morgan fingerprint density at radius 3 is 2.31 bits per heavy atom. The number of alkyl carbamates (subject to hydrolysis) is 1. The quantitative estimate of drug-likeness (QED) is 0.337. The molecule has 0 radical (unpaired) electrons. The number of halogens is 3. The molecule has 190 valence electrons. The van der Waals surface area contributed by atoms with Crippen molar-refractivity contribution in [2.75, 3.05) is 13.7 Å². The van der Waals surface area contributed by atoms with Gasteiger partial charge in [0.25, 0.3) is 0 Å². The first kappa shape index (κ1) is 27.7. The highest BCUT2D eigenvalue weighted by Gasteiger charge is 2.34. The summed E-state index contributed by atoms with van der Waals surface area (Å²) in [6.45, 7) is 0.538. The van der Waals surface area contributed by atoms with Gasteiger partial charge in [-0.25, -0.2) is 9.59 Å². The van der Waals surface area contributed by atoms with E-state index in [1.54, 1.807) is 0 Å². The van der Waals surface area contributed by atoms with Gasteiger partial charge in [0.1, 0.15) is 12.6 Å². The minimum Gasteiger partial charge on any atom is -0.467 e. The predicted octanol–water partition coefficient (Wildman–Crippen LogP) is 4.39. The SMILES string of the molecule is COC(=O)[C@@H](Cc1ccccc1C(F)(F)F)NC(=O)CCCCCNC(=O)OCc1ccccc1. The molecule has 7 nitrogen and oxygen atoms in total. The summed E-state index contributed by atoms with van der Waals surface area (Å²) in [5, 5.41) is 5.09. The van der Waals surface area contributed by atoms with Gasteiger partial charge in [0.2, 0.25) is 5.91 Å². The van der Waals surface area contributed by atoms with E-state index in [0.717, 1.165) is 18.7 Å². The van der Waals surface area contributed by atoms with Crippen LogP contribution in [-0.2, 0) is 38.3 Å². The molecule has 0 aromatic heterocycles. The number of carbonyl (C=O) groups is 3. The zero-order chi connectivity index (χ0) is 25.7. The highest BCUT2D eigenvalue weighted by Crippen LogP contribution is 2.32. The Bertz CT molecular complexity index is 967.